The molecule has 108 valence electrons. The topological polar surface area (TPSA) is 44.8 Å². The Morgan fingerprint density at radius 1 is 1.19 bits per heavy atom. The van der Waals surface area contributed by atoms with Crippen molar-refractivity contribution < 1.29 is 23.4 Å². The molecule has 0 aromatic heterocycles. The van der Waals surface area contributed by atoms with Crippen molar-refractivity contribution in [3.8, 4) is 17.2 Å². The Morgan fingerprint density at radius 3 is 2.71 bits per heavy atom. The lowest BCUT2D eigenvalue weighted by Crippen LogP contribution is -2.37. The van der Waals surface area contributed by atoms with Crippen molar-refractivity contribution in [1.82, 2.24) is 0 Å². The zero-order valence-electron chi connectivity index (χ0n) is 11.3. The van der Waals surface area contributed by atoms with Crippen LogP contribution in [0.5, 0.6) is 17.2 Å². The first-order valence-electron chi connectivity index (χ1n) is 6.46. The first-order chi connectivity index (χ1) is 10.2. The summed E-state index contributed by atoms with van der Waals surface area (Å²) in [6.45, 7) is 0.0481. The number of benzene rings is 2. The van der Waals surface area contributed by atoms with E-state index >= 15 is 0 Å². The van der Waals surface area contributed by atoms with Gasteiger partial charge in [0.15, 0.2) is 29.2 Å². The average molecular weight is 288 g/mol. The third-order valence-corrected chi connectivity index (χ3v) is 3.25. The number of hydrogen-bond donors (Lipinski definition) is 0. The van der Waals surface area contributed by atoms with Crippen molar-refractivity contribution in [2.45, 2.75) is 6.10 Å². The lowest BCUT2D eigenvalue weighted by Gasteiger charge is -2.25. The number of halogens is 1. The SMILES string of the molecule is COc1cccc(C(=O)C2COc3ccccc3O2)c1F. The third-order valence-electron chi connectivity index (χ3n) is 3.25. The molecule has 1 atom stereocenters. The minimum absolute atomic E-state index is 0.0259. The zero-order valence-corrected chi connectivity index (χ0v) is 11.3. The molecule has 1 heterocycles. The highest BCUT2D eigenvalue weighted by Crippen LogP contribution is 2.32. The number of fused-ring (bicyclic) bond motifs is 1. The highest BCUT2D eigenvalue weighted by atomic mass is 19.1. The normalized spacial score (nSPS) is 16.4. The standard InChI is InChI=1S/C16H13FO4/c1-19-13-8-4-5-10(15(13)17)16(18)14-9-20-11-6-2-3-7-12(11)21-14/h2-8,14H,9H2,1H3. The van der Waals surface area contributed by atoms with Crippen LogP contribution < -0.4 is 14.2 Å². The smallest absolute Gasteiger partial charge is 0.209 e. The summed E-state index contributed by atoms with van der Waals surface area (Å²) in [5, 5.41) is 0. The molecule has 0 spiro atoms. The quantitative estimate of drug-likeness (QED) is 0.815. The number of carbonyl (C=O) groups is 1. The van der Waals surface area contributed by atoms with Gasteiger partial charge in [-0.2, -0.15) is 0 Å². The summed E-state index contributed by atoms with van der Waals surface area (Å²) in [5.74, 6) is -0.0793. The monoisotopic (exact) mass is 288 g/mol. The van der Waals surface area contributed by atoms with Gasteiger partial charge in [-0.25, -0.2) is 4.39 Å². The molecule has 1 unspecified atom stereocenters. The number of para-hydroxylation sites is 2. The number of ether oxygens (including phenoxy) is 3. The Hall–Kier alpha value is -2.56. The largest absolute Gasteiger partial charge is 0.494 e. The molecule has 5 heteroatoms. The molecular formula is C16H13FO4. The van der Waals surface area contributed by atoms with Crippen LogP contribution in [0.1, 0.15) is 10.4 Å². The van der Waals surface area contributed by atoms with Crippen molar-refractivity contribution in [3.05, 3.63) is 53.8 Å². The van der Waals surface area contributed by atoms with Gasteiger partial charge < -0.3 is 14.2 Å². The van der Waals surface area contributed by atoms with Gasteiger partial charge in [0, 0.05) is 0 Å². The fourth-order valence-electron chi connectivity index (χ4n) is 2.18. The number of carbonyl (C=O) groups excluding carboxylic acids is 1. The van der Waals surface area contributed by atoms with Gasteiger partial charge in [-0.1, -0.05) is 18.2 Å². The summed E-state index contributed by atoms with van der Waals surface area (Å²) in [6, 6.07) is 11.5. The maximum Gasteiger partial charge on any atom is 0.209 e. The van der Waals surface area contributed by atoms with Crippen LogP contribution >= 0.6 is 0 Å². The van der Waals surface area contributed by atoms with Crippen molar-refractivity contribution in [2.24, 2.45) is 0 Å². The van der Waals surface area contributed by atoms with Crippen LogP contribution in [-0.2, 0) is 0 Å². The second-order valence-electron chi connectivity index (χ2n) is 4.55. The zero-order chi connectivity index (χ0) is 14.8. The highest BCUT2D eigenvalue weighted by Gasteiger charge is 2.30. The van der Waals surface area contributed by atoms with E-state index in [-0.39, 0.29) is 17.9 Å². The summed E-state index contributed by atoms with van der Waals surface area (Å²) < 4.78 is 30.1. The number of Topliss-reactive ketones (excluding diaryl/α,β-unsaturated/α-hetero) is 1. The third kappa shape index (κ3) is 2.42. The molecule has 21 heavy (non-hydrogen) atoms. The molecule has 0 saturated heterocycles. The molecule has 0 saturated carbocycles. The van der Waals surface area contributed by atoms with Gasteiger partial charge in [0.05, 0.1) is 12.7 Å². The lowest BCUT2D eigenvalue weighted by molar-refractivity contribution is 0.0581. The van der Waals surface area contributed by atoms with E-state index in [9.17, 15) is 9.18 Å². The van der Waals surface area contributed by atoms with Gasteiger partial charge in [-0.05, 0) is 24.3 Å². The van der Waals surface area contributed by atoms with E-state index < -0.39 is 17.7 Å². The second kappa shape index (κ2) is 5.44. The first kappa shape index (κ1) is 13.4. The Balaban J connectivity index is 1.87. The number of hydrogen-bond acceptors (Lipinski definition) is 4. The van der Waals surface area contributed by atoms with Crippen molar-refractivity contribution in [3.63, 3.8) is 0 Å². The number of methoxy groups -OCH3 is 1. The van der Waals surface area contributed by atoms with Crippen LogP contribution in [0.25, 0.3) is 0 Å². The maximum atomic E-state index is 14.1. The van der Waals surface area contributed by atoms with E-state index in [2.05, 4.69) is 0 Å². The highest BCUT2D eigenvalue weighted by molar-refractivity contribution is 6.00. The predicted octanol–water partition coefficient (Wildman–Crippen LogP) is 2.86. The van der Waals surface area contributed by atoms with E-state index in [1.165, 1.54) is 19.2 Å². The summed E-state index contributed by atoms with van der Waals surface area (Å²) >= 11 is 0. The maximum absolute atomic E-state index is 14.1. The molecule has 0 radical (unpaired) electrons. The molecular weight excluding hydrogens is 275 g/mol. The fourth-order valence-corrected chi connectivity index (χ4v) is 2.18. The molecule has 2 aromatic carbocycles. The van der Waals surface area contributed by atoms with Crippen LogP contribution in [0, 0.1) is 5.82 Å². The molecule has 1 aliphatic rings. The van der Waals surface area contributed by atoms with Gasteiger partial charge in [0.2, 0.25) is 5.78 Å². The Kier molecular flexibility index (Phi) is 3.48. The molecule has 0 fully saturated rings. The van der Waals surface area contributed by atoms with E-state index in [0.29, 0.717) is 11.5 Å². The van der Waals surface area contributed by atoms with Crippen molar-refractivity contribution in [2.75, 3.05) is 13.7 Å². The van der Waals surface area contributed by atoms with Crippen LogP contribution in [0.4, 0.5) is 4.39 Å². The number of rotatable bonds is 3. The summed E-state index contributed by atoms with van der Waals surface area (Å²) in [4.78, 5) is 12.4. The molecule has 1 aliphatic heterocycles. The molecule has 2 aromatic rings. The molecule has 3 rings (SSSR count). The Bertz CT molecular complexity index is 684. The second-order valence-corrected chi connectivity index (χ2v) is 4.55. The summed E-state index contributed by atoms with van der Waals surface area (Å²) in [5.41, 5.74) is -0.0673. The van der Waals surface area contributed by atoms with E-state index in [1.54, 1.807) is 24.3 Å². The van der Waals surface area contributed by atoms with Crippen LogP contribution in [-0.4, -0.2) is 25.6 Å². The Labute approximate surface area is 121 Å². The lowest BCUT2D eigenvalue weighted by atomic mass is 10.0. The summed E-state index contributed by atoms with van der Waals surface area (Å²) in [6.07, 6.45) is -0.874. The molecule has 0 N–H and O–H groups in total. The van der Waals surface area contributed by atoms with Crippen LogP contribution in [0.3, 0.4) is 0 Å². The Morgan fingerprint density at radius 2 is 1.95 bits per heavy atom. The van der Waals surface area contributed by atoms with Gasteiger partial charge in [0.25, 0.3) is 0 Å². The van der Waals surface area contributed by atoms with Gasteiger partial charge in [-0.3, -0.25) is 4.79 Å². The molecule has 0 aliphatic carbocycles. The minimum Gasteiger partial charge on any atom is -0.494 e. The molecule has 0 amide bonds. The van der Waals surface area contributed by atoms with Gasteiger partial charge in [0.1, 0.15) is 6.61 Å². The van der Waals surface area contributed by atoms with Crippen LogP contribution in [0.15, 0.2) is 42.5 Å². The predicted molar refractivity (Wildman–Crippen MR) is 73.6 cm³/mol. The summed E-state index contributed by atoms with van der Waals surface area (Å²) in [7, 11) is 1.35. The first-order valence-corrected chi connectivity index (χ1v) is 6.46. The van der Waals surface area contributed by atoms with Gasteiger partial charge >= 0.3 is 0 Å². The van der Waals surface area contributed by atoms with Gasteiger partial charge in [-0.15, -0.1) is 0 Å². The molecule has 4 nitrogen and oxygen atoms in total. The van der Waals surface area contributed by atoms with E-state index in [4.69, 9.17) is 14.2 Å². The molecule has 0 bridgehead atoms. The van der Waals surface area contributed by atoms with Crippen molar-refractivity contribution in [1.29, 1.82) is 0 Å². The van der Waals surface area contributed by atoms with Crippen molar-refractivity contribution >= 4 is 5.78 Å². The van der Waals surface area contributed by atoms with E-state index in [1.807, 2.05) is 6.07 Å². The van der Waals surface area contributed by atoms with Crippen LogP contribution in [0.2, 0.25) is 0 Å². The average Bonchev–Trinajstić information content (AvgIpc) is 2.54. The minimum atomic E-state index is -0.874. The van der Waals surface area contributed by atoms with E-state index in [0.717, 1.165) is 0 Å². The number of ketones is 1. The fraction of sp³-hybridized carbons (Fsp3) is 0.188.